The van der Waals surface area contributed by atoms with Crippen LogP contribution in [0.3, 0.4) is 0 Å². The van der Waals surface area contributed by atoms with Crippen molar-refractivity contribution in [2.75, 3.05) is 0 Å². The predicted molar refractivity (Wildman–Crippen MR) is 64.1 cm³/mol. The van der Waals surface area contributed by atoms with Gasteiger partial charge in [0.15, 0.2) is 0 Å². The van der Waals surface area contributed by atoms with Crippen LogP contribution in [0.25, 0.3) is 0 Å². The second-order valence-corrected chi connectivity index (χ2v) is 3.79. The summed E-state index contributed by atoms with van der Waals surface area (Å²) in [5.41, 5.74) is 1.98. The zero-order chi connectivity index (χ0) is 12.1. The molecule has 0 aliphatic rings. The lowest BCUT2D eigenvalue weighted by molar-refractivity contribution is 0.659. The Kier molecular flexibility index (Phi) is 3.72. The third-order valence-corrected chi connectivity index (χ3v) is 2.28. The quantitative estimate of drug-likeness (QED) is 0.852. The van der Waals surface area contributed by atoms with E-state index in [9.17, 15) is 0 Å². The highest BCUT2D eigenvalue weighted by atomic mass is 15.0. The van der Waals surface area contributed by atoms with Crippen LogP contribution in [0.1, 0.15) is 23.0 Å². The Bertz CT molecular complexity index is 452. The topological polar surface area (TPSA) is 63.6 Å². The fourth-order valence-electron chi connectivity index (χ4n) is 1.53. The van der Waals surface area contributed by atoms with E-state index in [1.165, 1.54) is 0 Å². The van der Waals surface area contributed by atoms with E-state index >= 15 is 0 Å². The number of aryl methyl sites for hydroxylation is 2. The molecule has 0 aliphatic carbocycles. The Morgan fingerprint density at radius 3 is 1.76 bits per heavy atom. The van der Waals surface area contributed by atoms with Crippen molar-refractivity contribution >= 4 is 0 Å². The Morgan fingerprint density at radius 1 is 0.882 bits per heavy atom. The van der Waals surface area contributed by atoms with Gasteiger partial charge in [-0.05, 0) is 26.0 Å². The average Bonchev–Trinajstić information content (AvgIpc) is 2.29. The summed E-state index contributed by atoms with van der Waals surface area (Å²) in [5.74, 6) is 1.59. The molecule has 0 unspecified atom stereocenters. The summed E-state index contributed by atoms with van der Waals surface area (Å²) in [6, 6.07) is 3.82. The van der Waals surface area contributed by atoms with Gasteiger partial charge in [-0.25, -0.2) is 19.9 Å². The first-order valence-corrected chi connectivity index (χ1v) is 5.52. The fraction of sp³-hybridized carbons (Fsp3) is 0.333. The highest BCUT2D eigenvalue weighted by Gasteiger charge is 1.98. The summed E-state index contributed by atoms with van der Waals surface area (Å²) in [4.78, 5) is 16.7. The first kappa shape index (κ1) is 11.6. The van der Waals surface area contributed by atoms with Crippen molar-refractivity contribution in [2.45, 2.75) is 26.9 Å². The molecule has 5 heteroatoms. The molecule has 0 aliphatic heterocycles. The molecular formula is C12H15N5. The van der Waals surface area contributed by atoms with Crippen molar-refractivity contribution in [1.82, 2.24) is 25.3 Å². The van der Waals surface area contributed by atoms with Crippen LogP contribution < -0.4 is 5.32 Å². The summed E-state index contributed by atoms with van der Waals surface area (Å²) < 4.78 is 0. The van der Waals surface area contributed by atoms with Crippen LogP contribution in [0.5, 0.6) is 0 Å². The molecular weight excluding hydrogens is 214 g/mol. The summed E-state index contributed by atoms with van der Waals surface area (Å²) in [7, 11) is 0. The monoisotopic (exact) mass is 229 g/mol. The van der Waals surface area contributed by atoms with Gasteiger partial charge in [-0.1, -0.05) is 0 Å². The second-order valence-electron chi connectivity index (χ2n) is 3.79. The van der Waals surface area contributed by atoms with Gasteiger partial charge in [0.1, 0.15) is 11.6 Å². The lowest BCUT2D eigenvalue weighted by Crippen LogP contribution is -2.15. The van der Waals surface area contributed by atoms with E-state index in [4.69, 9.17) is 0 Å². The van der Waals surface area contributed by atoms with E-state index in [2.05, 4.69) is 25.3 Å². The Hall–Kier alpha value is -1.88. The van der Waals surface area contributed by atoms with Crippen LogP contribution in [-0.4, -0.2) is 19.9 Å². The zero-order valence-corrected chi connectivity index (χ0v) is 10.0. The SMILES string of the molecule is Cc1nccc(CNCc2ccnc(C)n2)n1. The molecule has 0 saturated carbocycles. The predicted octanol–water partition coefficient (Wildman–Crippen LogP) is 1.17. The molecule has 2 aromatic rings. The molecule has 2 rings (SSSR count). The molecule has 0 amide bonds. The average molecular weight is 229 g/mol. The number of rotatable bonds is 4. The van der Waals surface area contributed by atoms with Crippen molar-refractivity contribution in [2.24, 2.45) is 0 Å². The molecule has 2 aromatic heterocycles. The summed E-state index contributed by atoms with van der Waals surface area (Å²) in [6.45, 7) is 5.20. The zero-order valence-electron chi connectivity index (χ0n) is 10.0. The highest BCUT2D eigenvalue weighted by molar-refractivity contribution is 5.03. The minimum atomic E-state index is 0.715. The molecule has 5 nitrogen and oxygen atoms in total. The van der Waals surface area contributed by atoms with E-state index in [1.54, 1.807) is 12.4 Å². The van der Waals surface area contributed by atoms with Crippen LogP contribution in [0.2, 0.25) is 0 Å². The maximum atomic E-state index is 4.32. The van der Waals surface area contributed by atoms with Crippen LogP contribution in [0.15, 0.2) is 24.5 Å². The number of nitrogens with zero attached hydrogens (tertiary/aromatic N) is 4. The van der Waals surface area contributed by atoms with E-state index in [1.807, 2.05) is 26.0 Å². The largest absolute Gasteiger partial charge is 0.306 e. The van der Waals surface area contributed by atoms with Gasteiger partial charge in [-0.2, -0.15) is 0 Å². The Balaban J connectivity index is 1.87. The molecule has 2 heterocycles. The second kappa shape index (κ2) is 5.45. The third-order valence-electron chi connectivity index (χ3n) is 2.28. The van der Waals surface area contributed by atoms with Crippen molar-refractivity contribution in [3.05, 3.63) is 47.6 Å². The van der Waals surface area contributed by atoms with Gasteiger partial charge in [0.25, 0.3) is 0 Å². The molecule has 0 atom stereocenters. The van der Waals surface area contributed by atoms with Crippen LogP contribution in [0, 0.1) is 13.8 Å². The van der Waals surface area contributed by atoms with Gasteiger partial charge < -0.3 is 5.32 Å². The highest BCUT2D eigenvalue weighted by Crippen LogP contribution is 1.97. The first-order valence-electron chi connectivity index (χ1n) is 5.52. The molecule has 0 radical (unpaired) electrons. The molecule has 0 spiro atoms. The van der Waals surface area contributed by atoms with E-state index in [0.29, 0.717) is 13.1 Å². The number of hydrogen-bond donors (Lipinski definition) is 1. The fourth-order valence-corrected chi connectivity index (χ4v) is 1.53. The minimum Gasteiger partial charge on any atom is -0.306 e. The standard InChI is InChI=1S/C12H15N5/c1-9-14-5-3-11(16-9)7-13-8-12-4-6-15-10(2)17-12/h3-6,13H,7-8H2,1-2H3. The number of aromatic nitrogens is 4. The van der Waals surface area contributed by atoms with Crippen LogP contribution in [0.4, 0.5) is 0 Å². The molecule has 88 valence electrons. The van der Waals surface area contributed by atoms with Crippen LogP contribution >= 0.6 is 0 Å². The van der Waals surface area contributed by atoms with Gasteiger partial charge in [0.05, 0.1) is 11.4 Å². The number of nitrogens with one attached hydrogen (secondary N) is 1. The molecule has 0 aromatic carbocycles. The molecule has 17 heavy (non-hydrogen) atoms. The maximum absolute atomic E-state index is 4.32. The summed E-state index contributed by atoms with van der Waals surface area (Å²) >= 11 is 0. The molecule has 0 saturated heterocycles. The van der Waals surface area contributed by atoms with Crippen molar-refractivity contribution < 1.29 is 0 Å². The van der Waals surface area contributed by atoms with Gasteiger partial charge in [-0.15, -0.1) is 0 Å². The van der Waals surface area contributed by atoms with Gasteiger partial charge in [0, 0.05) is 25.5 Å². The Morgan fingerprint density at radius 2 is 1.35 bits per heavy atom. The lowest BCUT2D eigenvalue weighted by atomic mass is 10.3. The minimum absolute atomic E-state index is 0.715. The maximum Gasteiger partial charge on any atom is 0.125 e. The molecule has 0 fully saturated rings. The Labute approximate surface area is 100 Å². The summed E-state index contributed by atoms with van der Waals surface area (Å²) in [6.07, 6.45) is 3.54. The van der Waals surface area contributed by atoms with Gasteiger partial charge in [-0.3, -0.25) is 0 Å². The van der Waals surface area contributed by atoms with Crippen LogP contribution in [-0.2, 0) is 13.1 Å². The number of hydrogen-bond acceptors (Lipinski definition) is 5. The van der Waals surface area contributed by atoms with Gasteiger partial charge >= 0.3 is 0 Å². The third kappa shape index (κ3) is 3.57. The van der Waals surface area contributed by atoms with Crippen molar-refractivity contribution in [1.29, 1.82) is 0 Å². The normalized spacial score (nSPS) is 10.5. The van der Waals surface area contributed by atoms with E-state index in [-0.39, 0.29) is 0 Å². The first-order chi connectivity index (χ1) is 8.24. The molecule has 1 N–H and O–H groups in total. The van der Waals surface area contributed by atoms with Crippen molar-refractivity contribution in [3.63, 3.8) is 0 Å². The molecule has 0 bridgehead atoms. The van der Waals surface area contributed by atoms with Gasteiger partial charge in [0.2, 0.25) is 0 Å². The lowest BCUT2D eigenvalue weighted by Gasteiger charge is -2.04. The van der Waals surface area contributed by atoms with E-state index in [0.717, 1.165) is 23.0 Å². The smallest absolute Gasteiger partial charge is 0.125 e. The van der Waals surface area contributed by atoms with E-state index < -0.39 is 0 Å². The van der Waals surface area contributed by atoms with Crippen molar-refractivity contribution in [3.8, 4) is 0 Å². The summed E-state index contributed by atoms with van der Waals surface area (Å²) in [5, 5.41) is 3.29.